The van der Waals surface area contributed by atoms with Crippen molar-refractivity contribution in [3.05, 3.63) is 23.3 Å². The molecule has 1 saturated heterocycles. The highest BCUT2D eigenvalue weighted by molar-refractivity contribution is 7.80. The third kappa shape index (κ3) is 5.04. The van der Waals surface area contributed by atoms with E-state index < -0.39 is 5.97 Å². The predicted molar refractivity (Wildman–Crippen MR) is 94.2 cm³/mol. The molecule has 25 heavy (non-hydrogen) atoms. The molecule has 1 aliphatic rings. The minimum absolute atomic E-state index is 0.0746. The van der Waals surface area contributed by atoms with Gasteiger partial charge in [0.05, 0.1) is 38.1 Å². The largest absolute Gasteiger partial charge is 0.545 e. The van der Waals surface area contributed by atoms with Crippen LogP contribution in [-0.4, -0.2) is 50.8 Å². The molecule has 1 aromatic rings. The van der Waals surface area contributed by atoms with Crippen LogP contribution in [0, 0.1) is 0 Å². The quantitative estimate of drug-likeness (QED) is 0.396. The first-order valence-electron chi connectivity index (χ1n) is 7.71. The van der Waals surface area contributed by atoms with Crippen LogP contribution in [-0.2, 0) is 4.74 Å². The second-order valence-electron chi connectivity index (χ2n) is 5.27. The Balaban J connectivity index is 2.01. The summed E-state index contributed by atoms with van der Waals surface area (Å²) in [6.45, 7) is 1.37. The fourth-order valence-electron chi connectivity index (χ4n) is 2.47. The molecule has 8 nitrogen and oxygen atoms in total. The topological polar surface area (TPSA) is 104 Å². The van der Waals surface area contributed by atoms with E-state index in [9.17, 15) is 9.90 Å². The average Bonchev–Trinajstić information content (AvgIpc) is 3.12. The van der Waals surface area contributed by atoms with Gasteiger partial charge in [0.1, 0.15) is 0 Å². The van der Waals surface area contributed by atoms with Gasteiger partial charge in [0.25, 0.3) is 0 Å². The van der Waals surface area contributed by atoms with E-state index in [1.807, 2.05) is 0 Å². The molecule has 0 aromatic heterocycles. The summed E-state index contributed by atoms with van der Waals surface area (Å²) in [5, 5.41) is 18.7. The molecule has 1 atom stereocenters. The van der Waals surface area contributed by atoms with Crippen LogP contribution in [0.2, 0.25) is 0 Å². The van der Waals surface area contributed by atoms with Crippen molar-refractivity contribution in [2.24, 2.45) is 5.10 Å². The van der Waals surface area contributed by atoms with Crippen molar-refractivity contribution in [2.75, 3.05) is 27.4 Å². The molecule has 1 aromatic carbocycles. The Kier molecular flexibility index (Phi) is 6.96. The molecule has 0 bridgehead atoms. The van der Waals surface area contributed by atoms with Crippen LogP contribution in [0.4, 0.5) is 0 Å². The molecule has 9 heteroatoms. The molecule has 0 spiro atoms. The fourth-order valence-corrected chi connectivity index (χ4v) is 2.61. The van der Waals surface area contributed by atoms with Crippen molar-refractivity contribution >= 4 is 29.5 Å². The van der Waals surface area contributed by atoms with Gasteiger partial charge >= 0.3 is 0 Å². The summed E-state index contributed by atoms with van der Waals surface area (Å²) < 4.78 is 15.7. The maximum absolute atomic E-state index is 11.4. The molecule has 2 N–H and O–H groups in total. The number of carbonyl (C=O) groups excluding carboxylic acids is 1. The number of hydrogen-bond donors (Lipinski definition) is 2. The number of hydrazone groups is 1. The summed E-state index contributed by atoms with van der Waals surface area (Å²) in [6.07, 6.45) is 3.53. The first kappa shape index (κ1) is 18.9. The Hall–Kier alpha value is -2.39. The van der Waals surface area contributed by atoms with Crippen molar-refractivity contribution in [3.8, 4) is 11.5 Å². The molecule has 0 aliphatic carbocycles. The minimum atomic E-state index is -1.39. The average molecular weight is 366 g/mol. The highest BCUT2D eigenvalue weighted by atomic mass is 32.1. The number of hydrogen-bond acceptors (Lipinski definition) is 7. The van der Waals surface area contributed by atoms with Crippen LogP contribution < -0.4 is 25.3 Å². The molecule has 136 valence electrons. The number of methoxy groups -OCH3 is 2. The number of nitrogens with one attached hydrogen (secondary N) is 2. The molecule has 0 saturated carbocycles. The van der Waals surface area contributed by atoms with Crippen molar-refractivity contribution in [1.29, 1.82) is 0 Å². The van der Waals surface area contributed by atoms with Crippen molar-refractivity contribution in [2.45, 2.75) is 18.9 Å². The third-order valence-corrected chi connectivity index (χ3v) is 3.90. The van der Waals surface area contributed by atoms with Gasteiger partial charge in [-0.05, 0) is 37.2 Å². The van der Waals surface area contributed by atoms with Gasteiger partial charge in [0.2, 0.25) is 0 Å². The molecular weight excluding hydrogens is 346 g/mol. The number of aromatic carboxylic acids is 1. The van der Waals surface area contributed by atoms with Gasteiger partial charge in [-0.2, -0.15) is 5.10 Å². The molecular formula is C16H20N3O5S-. The molecule has 1 fully saturated rings. The van der Waals surface area contributed by atoms with Crippen molar-refractivity contribution < 1.29 is 24.1 Å². The molecule has 1 aliphatic heterocycles. The van der Waals surface area contributed by atoms with Crippen LogP contribution in [0.1, 0.15) is 28.8 Å². The summed E-state index contributed by atoms with van der Waals surface area (Å²) in [7, 11) is 2.78. The number of carboxylic acid groups (broad SMARTS) is 1. The van der Waals surface area contributed by atoms with E-state index in [-0.39, 0.29) is 17.4 Å². The predicted octanol–water partition coefficient (Wildman–Crippen LogP) is 0.0443. The lowest BCUT2D eigenvalue weighted by Gasteiger charge is -2.15. The van der Waals surface area contributed by atoms with Gasteiger partial charge in [-0.25, -0.2) is 0 Å². The van der Waals surface area contributed by atoms with Crippen LogP contribution in [0.5, 0.6) is 11.5 Å². The zero-order chi connectivity index (χ0) is 18.2. The SMILES string of the molecule is COc1ccc(/C=N\NC(=S)NC[C@H]2CCCO2)c(C(=O)[O-])c1OC. The monoisotopic (exact) mass is 366 g/mol. The molecule has 1 heterocycles. The Morgan fingerprint density at radius 1 is 1.48 bits per heavy atom. The maximum Gasteiger partial charge on any atom is 0.187 e. The zero-order valence-corrected chi connectivity index (χ0v) is 14.9. The van der Waals surface area contributed by atoms with Crippen LogP contribution in [0.15, 0.2) is 17.2 Å². The molecule has 2 rings (SSSR count). The lowest BCUT2D eigenvalue weighted by atomic mass is 10.1. The van der Waals surface area contributed by atoms with Gasteiger partial charge < -0.3 is 29.4 Å². The van der Waals surface area contributed by atoms with Crippen molar-refractivity contribution in [1.82, 2.24) is 10.7 Å². The number of nitrogens with zero attached hydrogens (tertiary/aromatic N) is 1. The third-order valence-electron chi connectivity index (χ3n) is 3.67. The summed E-state index contributed by atoms with van der Waals surface area (Å²) in [5.74, 6) is -1.03. The van der Waals surface area contributed by atoms with Gasteiger partial charge in [-0.1, -0.05) is 0 Å². The standard InChI is InChI=1S/C16H21N3O5S/c1-22-12-6-5-10(13(15(20)21)14(12)23-2)8-18-19-16(25)17-9-11-4-3-7-24-11/h5-6,8,11H,3-4,7,9H2,1-2H3,(H,20,21)(H2,17,19,25)/p-1/b18-8-/t11-/m1/s1. The maximum atomic E-state index is 11.4. The summed E-state index contributed by atoms with van der Waals surface area (Å²) in [6, 6.07) is 3.13. The number of ether oxygens (including phenoxy) is 3. The number of thiocarbonyl (C=S) groups is 1. The Bertz CT molecular complexity index is 659. The minimum Gasteiger partial charge on any atom is -0.545 e. The molecule has 0 amide bonds. The van der Waals surface area contributed by atoms with E-state index in [0.29, 0.717) is 23.0 Å². The molecule has 0 radical (unpaired) electrons. The van der Waals surface area contributed by atoms with Gasteiger partial charge in [-0.3, -0.25) is 5.43 Å². The highest BCUT2D eigenvalue weighted by Crippen LogP contribution is 2.32. The van der Waals surface area contributed by atoms with Gasteiger partial charge in [-0.15, -0.1) is 0 Å². The first-order chi connectivity index (χ1) is 12.1. The summed E-state index contributed by atoms with van der Waals surface area (Å²) >= 11 is 5.11. The van der Waals surface area contributed by atoms with E-state index >= 15 is 0 Å². The van der Waals surface area contributed by atoms with Crippen molar-refractivity contribution in [3.63, 3.8) is 0 Å². The molecule has 0 unspecified atom stereocenters. The number of carboxylic acids is 1. The summed E-state index contributed by atoms with van der Waals surface area (Å²) in [5.41, 5.74) is 2.79. The van der Waals surface area contributed by atoms with Crippen LogP contribution in [0.3, 0.4) is 0 Å². The van der Waals surface area contributed by atoms with E-state index in [1.54, 1.807) is 12.1 Å². The van der Waals surface area contributed by atoms with Gasteiger partial charge in [0.15, 0.2) is 16.6 Å². The zero-order valence-electron chi connectivity index (χ0n) is 14.0. The summed E-state index contributed by atoms with van der Waals surface area (Å²) in [4.78, 5) is 11.4. The Morgan fingerprint density at radius 3 is 2.88 bits per heavy atom. The fraction of sp³-hybridized carbons (Fsp3) is 0.438. The smallest absolute Gasteiger partial charge is 0.187 e. The van der Waals surface area contributed by atoms with Crippen LogP contribution in [0.25, 0.3) is 0 Å². The van der Waals surface area contributed by atoms with E-state index in [1.165, 1.54) is 20.4 Å². The first-order valence-corrected chi connectivity index (χ1v) is 8.12. The number of carbonyl (C=O) groups is 1. The number of rotatable bonds is 7. The van der Waals surface area contributed by atoms with E-state index in [2.05, 4.69) is 15.8 Å². The Labute approximate surface area is 151 Å². The Morgan fingerprint density at radius 2 is 2.28 bits per heavy atom. The van der Waals surface area contributed by atoms with E-state index in [0.717, 1.165) is 19.4 Å². The van der Waals surface area contributed by atoms with Crippen LogP contribution >= 0.6 is 12.2 Å². The van der Waals surface area contributed by atoms with Gasteiger partial charge in [0, 0.05) is 18.7 Å². The normalized spacial score (nSPS) is 16.6. The number of benzene rings is 1. The second-order valence-corrected chi connectivity index (χ2v) is 5.68. The highest BCUT2D eigenvalue weighted by Gasteiger charge is 2.16. The lowest BCUT2D eigenvalue weighted by molar-refractivity contribution is -0.255. The lowest BCUT2D eigenvalue weighted by Crippen LogP contribution is -2.37. The second kappa shape index (κ2) is 9.19. The van der Waals surface area contributed by atoms with E-state index in [4.69, 9.17) is 26.4 Å².